The molecule has 0 spiro atoms. The number of thiocyanates is 1. The second kappa shape index (κ2) is 10.2. The monoisotopic (exact) mass is 433 g/mol. The Morgan fingerprint density at radius 3 is 2.63 bits per heavy atom. The van der Waals surface area contributed by atoms with Crippen molar-refractivity contribution in [2.75, 3.05) is 12.0 Å². The molecule has 1 N–H and O–H groups in total. The second-order valence-electron chi connectivity index (χ2n) is 5.65. The van der Waals surface area contributed by atoms with E-state index in [2.05, 4.69) is 20.9 Å². The molecule has 0 fully saturated rings. The normalized spacial score (nSPS) is 10.7. The summed E-state index contributed by atoms with van der Waals surface area (Å²) < 4.78 is 5.88. The first kappa shape index (κ1) is 21.1. The highest BCUT2D eigenvalue weighted by Crippen LogP contribution is 2.45. The summed E-state index contributed by atoms with van der Waals surface area (Å²) in [5.41, 5.74) is 4.92. The van der Waals surface area contributed by atoms with E-state index < -0.39 is 5.97 Å². The molecule has 7 nitrogen and oxygen atoms in total. The molecule has 0 atom stereocenters. The number of thiophene rings is 1. The molecule has 1 aromatic carbocycles. The van der Waals surface area contributed by atoms with Gasteiger partial charge in [0.2, 0.25) is 0 Å². The van der Waals surface area contributed by atoms with Crippen LogP contribution in [0.5, 0.6) is 0 Å². The van der Waals surface area contributed by atoms with Gasteiger partial charge in [0, 0.05) is 23.5 Å². The molecular formula is C21H15N5O2S2. The maximum absolute atomic E-state index is 12.8. The highest BCUT2D eigenvalue weighted by Gasteiger charge is 2.26. The van der Waals surface area contributed by atoms with Crippen molar-refractivity contribution < 1.29 is 9.53 Å². The van der Waals surface area contributed by atoms with E-state index in [-0.39, 0.29) is 17.9 Å². The first-order chi connectivity index (χ1) is 14.7. The van der Waals surface area contributed by atoms with E-state index in [1.807, 2.05) is 36.4 Å². The molecule has 0 aliphatic rings. The number of thioether (sulfide) groups is 1. The Morgan fingerprint density at radius 2 is 2.00 bits per heavy atom. The fraction of sp³-hybridized carbons (Fsp3) is 0.0952. The zero-order chi connectivity index (χ0) is 21.3. The van der Waals surface area contributed by atoms with Crippen molar-refractivity contribution in [1.82, 2.24) is 4.98 Å². The van der Waals surface area contributed by atoms with Gasteiger partial charge in [0.05, 0.1) is 10.8 Å². The summed E-state index contributed by atoms with van der Waals surface area (Å²) in [4.78, 5) is 16.9. The molecule has 0 radical (unpaired) electrons. The molecule has 0 saturated carbocycles. The van der Waals surface area contributed by atoms with Crippen molar-refractivity contribution in [3.05, 3.63) is 66.0 Å². The predicted octanol–water partition coefficient (Wildman–Crippen LogP) is 4.90. The van der Waals surface area contributed by atoms with E-state index in [4.69, 9.17) is 4.74 Å². The van der Waals surface area contributed by atoms with Crippen LogP contribution < -0.4 is 5.43 Å². The Kier molecular flexibility index (Phi) is 7.17. The Balaban J connectivity index is 2.12. The number of nitriles is 2. The quantitative estimate of drug-likeness (QED) is 0.185. The van der Waals surface area contributed by atoms with Crippen LogP contribution in [0.15, 0.2) is 64.0 Å². The predicted molar refractivity (Wildman–Crippen MR) is 117 cm³/mol. The van der Waals surface area contributed by atoms with Gasteiger partial charge in [0.1, 0.15) is 27.7 Å². The van der Waals surface area contributed by atoms with Gasteiger partial charge >= 0.3 is 5.97 Å². The Labute approximate surface area is 181 Å². The summed E-state index contributed by atoms with van der Waals surface area (Å²) in [5, 5.41) is 25.3. The zero-order valence-corrected chi connectivity index (χ0v) is 17.5. The first-order valence-electron chi connectivity index (χ1n) is 8.80. The molecule has 3 aromatic rings. The molecule has 2 aromatic heterocycles. The van der Waals surface area contributed by atoms with Gasteiger partial charge in [-0.05, 0) is 24.6 Å². The standard InChI is InChI=1S/C21H15N5O2S2/c1-2-28-20(27)18-17(14-8-4-3-5-9-14)21(29-13-23)30-19(18)26-25-16(12-22)15-10-6-7-11-24-15/h3-11,26H,2H2,1H3/b25-16+. The molecule has 0 saturated heterocycles. The van der Waals surface area contributed by atoms with Crippen molar-refractivity contribution in [3.63, 3.8) is 0 Å². The number of esters is 1. The van der Waals surface area contributed by atoms with Gasteiger partial charge in [0.25, 0.3) is 0 Å². The third-order valence-electron chi connectivity index (χ3n) is 3.84. The third kappa shape index (κ3) is 4.66. The second-order valence-corrected chi connectivity index (χ2v) is 7.72. The van der Waals surface area contributed by atoms with Gasteiger partial charge in [-0.1, -0.05) is 36.4 Å². The molecule has 0 amide bonds. The molecular weight excluding hydrogens is 418 g/mol. The average molecular weight is 434 g/mol. The van der Waals surface area contributed by atoms with Gasteiger partial charge < -0.3 is 4.74 Å². The first-order valence-corrected chi connectivity index (χ1v) is 10.4. The fourth-order valence-electron chi connectivity index (χ4n) is 2.62. The largest absolute Gasteiger partial charge is 0.462 e. The number of pyridine rings is 1. The van der Waals surface area contributed by atoms with Crippen molar-refractivity contribution in [2.24, 2.45) is 5.10 Å². The molecule has 0 aliphatic carbocycles. The van der Waals surface area contributed by atoms with E-state index in [9.17, 15) is 15.3 Å². The number of benzene rings is 1. The van der Waals surface area contributed by atoms with E-state index in [0.717, 1.165) is 17.3 Å². The molecule has 0 bridgehead atoms. The lowest BCUT2D eigenvalue weighted by Gasteiger charge is -2.08. The van der Waals surface area contributed by atoms with E-state index in [1.54, 1.807) is 31.3 Å². The highest BCUT2D eigenvalue weighted by atomic mass is 32.2. The minimum atomic E-state index is -0.536. The Morgan fingerprint density at radius 1 is 1.23 bits per heavy atom. The topological polar surface area (TPSA) is 111 Å². The highest BCUT2D eigenvalue weighted by molar-refractivity contribution is 8.05. The number of nitrogens with one attached hydrogen (secondary N) is 1. The number of hydrogen-bond donors (Lipinski definition) is 1. The third-order valence-corrected chi connectivity index (χ3v) is 5.71. The summed E-state index contributed by atoms with van der Waals surface area (Å²) in [6, 6.07) is 16.4. The average Bonchev–Trinajstić information content (AvgIpc) is 3.14. The lowest BCUT2D eigenvalue weighted by atomic mass is 10.0. The number of carbonyl (C=O) groups is 1. The fourth-order valence-corrected chi connectivity index (χ4v) is 4.44. The van der Waals surface area contributed by atoms with Crippen LogP contribution in [-0.4, -0.2) is 23.3 Å². The summed E-state index contributed by atoms with van der Waals surface area (Å²) in [6.45, 7) is 1.92. The molecule has 0 aliphatic heterocycles. The number of aromatic nitrogens is 1. The van der Waals surface area contributed by atoms with Crippen LogP contribution in [0.1, 0.15) is 23.0 Å². The van der Waals surface area contributed by atoms with Crippen LogP contribution in [0.2, 0.25) is 0 Å². The van der Waals surface area contributed by atoms with Crippen LogP contribution in [0.3, 0.4) is 0 Å². The SMILES string of the molecule is CCOC(=O)c1c(N/N=C(\C#N)c2ccccn2)sc(SC#N)c1-c1ccccc1. The molecule has 30 heavy (non-hydrogen) atoms. The van der Waals surface area contributed by atoms with Crippen molar-refractivity contribution >= 4 is 39.8 Å². The lowest BCUT2D eigenvalue weighted by Crippen LogP contribution is -2.09. The van der Waals surface area contributed by atoms with Crippen LogP contribution in [0.25, 0.3) is 11.1 Å². The number of anilines is 1. The van der Waals surface area contributed by atoms with Crippen molar-refractivity contribution in [2.45, 2.75) is 11.1 Å². The number of ether oxygens (including phenoxy) is 1. The van der Waals surface area contributed by atoms with Crippen molar-refractivity contribution in [3.8, 4) is 22.6 Å². The maximum atomic E-state index is 12.8. The van der Waals surface area contributed by atoms with Gasteiger partial charge in [-0.15, -0.1) is 11.3 Å². The van der Waals surface area contributed by atoms with Crippen LogP contribution >= 0.6 is 23.1 Å². The molecule has 0 unspecified atom stereocenters. The van der Waals surface area contributed by atoms with Crippen LogP contribution in [0.4, 0.5) is 5.00 Å². The summed E-state index contributed by atoms with van der Waals surface area (Å²) in [5.74, 6) is -0.536. The lowest BCUT2D eigenvalue weighted by molar-refractivity contribution is 0.0528. The number of nitrogens with zero attached hydrogens (tertiary/aromatic N) is 4. The van der Waals surface area contributed by atoms with Gasteiger partial charge in [0.15, 0.2) is 5.71 Å². The van der Waals surface area contributed by atoms with E-state index in [1.165, 1.54) is 11.3 Å². The molecule has 3 rings (SSSR count). The summed E-state index contributed by atoms with van der Waals surface area (Å²) in [7, 11) is 0. The van der Waals surface area contributed by atoms with E-state index >= 15 is 0 Å². The summed E-state index contributed by atoms with van der Waals surface area (Å²) in [6.07, 6.45) is 1.56. The van der Waals surface area contributed by atoms with Crippen LogP contribution in [0, 0.1) is 22.0 Å². The number of carbonyl (C=O) groups excluding carboxylic acids is 1. The molecule has 148 valence electrons. The maximum Gasteiger partial charge on any atom is 0.341 e. The van der Waals surface area contributed by atoms with Gasteiger partial charge in [-0.25, -0.2) is 4.79 Å². The van der Waals surface area contributed by atoms with Gasteiger partial charge in [-0.3, -0.25) is 10.4 Å². The van der Waals surface area contributed by atoms with Gasteiger partial charge in [-0.2, -0.15) is 15.6 Å². The minimum Gasteiger partial charge on any atom is -0.462 e. The number of hydrazone groups is 1. The Hall–Kier alpha value is -3.66. The molecule has 2 heterocycles. The van der Waals surface area contributed by atoms with E-state index in [0.29, 0.717) is 20.5 Å². The molecule has 9 heteroatoms. The number of hydrogen-bond acceptors (Lipinski definition) is 9. The van der Waals surface area contributed by atoms with Crippen molar-refractivity contribution in [1.29, 1.82) is 10.5 Å². The number of rotatable bonds is 7. The Bertz CT molecular complexity index is 1150. The summed E-state index contributed by atoms with van der Waals surface area (Å²) >= 11 is 2.15. The van der Waals surface area contributed by atoms with Crippen LogP contribution in [-0.2, 0) is 4.74 Å². The zero-order valence-electron chi connectivity index (χ0n) is 15.8. The minimum absolute atomic E-state index is 0.0644. The smallest absolute Gasteiger partial charge is 0.341 e.